The maximum atomic E-state index is 13.8. The van der Waals surface area contributed by atoms with E-state index in [4.69, 9.17) is 14.5 Å². The number of ether oxygens (including phenoxy) is 2. The molecule has 0 aliphatic rings. The third-order valence-electron chi connectivity index (χ3n) is 6.91. The molecule has 0 saturated carbocycles. The lowest BCUT2D eigenvalue weighted by Gasteiger charge is -2.18. The van der Waals surface area contributed by atoms with E-state index in [0.29, 0.717) is 35.7 Å². The molecule has 0 fully saturated rings. The highest BCUT2D eigenvalue weighted by Gasteiger charge is 2.19. The fraction of sp³-hybridized carbons (Fsp3) is 0.206. The van der Waals surface area contributed by atoms with E-state index >= 15 is 0 Å². The second-order valence-corrected chi connectivity index (χ2v) is 13.0. The van der Waals surface area contributed by atoms with Crippen molar-refractivity contribution in [2.45, 2.75) is 40.2 Å². The van der Waals surface area contributed by atoms with Crippen LogP contribution in [0.3, 0.4) is 0 Å². The van der Waals surface area contributed by atoms with Crippen molar-refractivity contribution in [3.63, 3.8) is 0 Å². The summed E-state index contributed by atoms with van der Waals surface area (Å²) < 4.78 is 16.0. The van der Waals surface area contributed by atoms with Crippen LogP contribution in [0.4, 0.5) is 0 Å². The molecule has 1 aromatic heterocycles. The summed E-state index contributed by atoms with van der Waals surface area (Å²) in [6.45, 7) is 9.21. The van der Waals surface area contributed by atoms with Crippen molar-refractivity contribution >= 4 is 64.9 Å². The van der Waals surface area contributed by atoms with E-state index < -0.39 is 0 Å². The van der Waals surface area contributed by atoms with Gasteiger partial charge in [-0.25, -0.2) is 4.98 Å². The number of halogens is 3. The highest BCUT2D eigenvalue weighted by molar-refractivity contribution is 9.11. The van der Waals surface area contributed by atoms with Crippen molar-refractivity contribution in [2.75, 3.05) is 6.61 Å². The SMILES string of the molecule is CCOc1cc(C)c(-c2nc3ccccc3c(=O)n2N=Cc2cc(Br)c(OCc3ccc(Br)cc3)c(Br)c2)cc1C(C)C. The smallest absolute Gasteiger partial charge is 0.282 e. The van der Waals surface area contributed by atoms with Gasteiger partial charge in [-0.3, -0.25) is 4.79 Å². The summed E-state index contributed by atoms with van der Waals surface area (Å²) in [5.74, 6) is 2.20. The van der Waals surface area contributed by atoms with Crippen LogP contribution < -0.4 is 15.0 Å². The first-order valence-electron chi connectivity index (χ1n) is 13.9. The number of aryl methyl sites for hydroxylation is 1. The Kier molecular flexibility index (Phi) is 9.84. The molecule has 0 amide bonds. The summed E-state index contributed by atoms with van der Waals surface area (Å²) in [5, 5.41) is 5.18. The van der Waals surface area contributed by atoms with E-state index in [-0.39, 0.29) is 11.5 Å². The van der Waals surface area contributed by atoms with Gasteiger partial charge in [0.2, 0.25) is 0 Å². The minimum atomic E-state index is -0.246. The Bertz CT molecular complexity index is 1860. The standard InChI is InChI=1S/C34H30Br3N3O3/c1-5-42-31-14-21(4)27(17-26(31)20(2)3)33-39-30-9-7-6-8-25(30)34(41)40(33)38-18-23-15-28(36)32(29(37)16-23)43-19-22-10-12-24(35)13-11-22/h6-18,20H,5,19H2,1-4H3. The lowest BCUT2D eigenvalue weighted by atomic mass is 9.96. The number of hydrogen-bond acceptors (Lipinski definition) is 5. The molecule has 0 aliphatic carbocycles. The van der Waals surface area contributed by atoms with Crippen LogP contribution in [0, 0.1) is 6.92 Å². The predicted octanol–water partition coefficient (Wildman–Crippen LogP) is 9.64. The molecule has 6 nitrogen and oxygen atoms in total. The highest BCUT2D eigenvalue weighted by atomic mass is 79.9. The number of fused-ring (bicyclic) bond motifs is 1. The van der Waals surface area contributed by atoms with Gasteiger partial charge in [-0.2, -0.15) is 9.78 Å². The van der Waals surface area contributed by atoms with Gasteiger partial charge in [-0.1, -0.05) is 54.0 Å². The molecular formula is C34H30Br3N3O3. The van der Waals surface area contributed by atoms with Crippen molar-refractivity contribution in [3.05, 3.63) is 119 Å². The fourth-order valence-corrected chi connectivity index (χ4v) is 6.44. The van der Waals surface area contributed by atoms with Crippen LogP contribution in [-0.4, -0.2) is 22.5 Å². The van der Waals surface area contributed by atoms with Crippen molar-refractivity contribution in [1.82, 2.24) is 9.66 Å². The monoisotopic (exact) mass is 765 g/mol. The lowest BCUT2D eigenvalue weighted by molar-refractivity contribution is 0.302. The molecule has 1 heterocycles. The topological polar surface area (TPSA) is 65.7 Å². The van der Waals surface area contributed by atoms with Crippen LogP contribution in [0.2, 0.25) is 0 Å². The summed E-state index contributed by atoms with van der Waals surface area (Å²) in [4.78, 5) is 18.7. The minimum Gasteiger partial charge on any atom is -0.494 e. The van der Waals surface area contributed by atoms with Crippen LogP contribution >= 0.6 is 47.8 Å². The zero-order chi connectivity index (χ0) is 30.7. The van der Waals surface area contributed by atoms with Crippen molar-refractivity contribution in [2.24, 2.45) is 5.10 Å². The zero-order valence-electron chi connectivity index (χ0n) is 24.2. The summed E-state index contributed by atoms with van der Waals surface area (Å²) in [6.07, 6.45) is 1.66. The molecule has 0 N–H and O–H groups in total. The summed E-state index contributed by atoms with van der Waals surface area (Å²) >= 11 is 10.7. The van der Waals surface area contributed by atoms with Gasteiger partial charge in [0.25, 0.3) is 5.56 Å². The highest BCUT2D eigenvalue weighted by Crippen LogP contribution is 2.36. The molecule has 0 bridgehead atoms. The number of hydrogen-bond donors (Lipinski definition) is 0. The maximum Gasteiger partial charge on any atom is 0.282 e. The average Bonchev–Trinajstić information content (AvgIpc) is 2.97. The number of para-hydroxylation sites is 1. The molecule has 0 spiro atoms. The number of aromatic nitrogens is 2. The molecule has 220 valence electrons. The molecule has 5 rings (SSSR count). The molecule has 4 aromatic carbocycles. The first-order valence-corrected chi connectivity index (χ1v) is 16.2. The second kappa shape index (κ2) is 13.6. The minimum absolute atomic E-state index is 0.212. The molecule has 43 heavy (non-hydrogen) atoms. The van der Waals surface area contributed by atoms with Crippen molar-refractivity contribution in [1.29, 1.82) is 0 Å². The van der Waals surface area contributed by atoms with Gasteiger partial charge in [0.15, 0.2) is 5.82 Å². The Labute approximate surface area is 276 Å². The largest absolute Gasteiger partial charge is 0.494 e. The molecule has 0 radical (unpaired) electrons. The Morgan fingerprint density at radius 2 is 1.65 bits per heavy atom. The van der Waals surface area contributed by atoms with Crippen LogP contribution in [0.25, 0.3) is 22.3 Å². The molecule has 0 unspecified atom stereocenters. The van der Waals surface area contributed by atoms with E-state index in [1.807, 2.05) is 74.5 Å². The maximum absolute atomic E-state index is 13.8. The van der Waals surface area contributed by atoms with Gasteiger partial charge in [0.05, 0.1) is 32.7 Å². The van der Waals surface area contributed by atoms with Gasteiger partial charge in [-0.05, 0) is 122 Å². The van der Waals surface area contributed by atoms with E-state index in [1.54, 1.807) is 12.3 Å². The second-order valence-electron chi connectivity index (χ2n) is 10.3. The van der Waals surface area contributed by atoms with Crippen LogP contribution in [0.1, 0.15) is 48.9 Å². The number of rotatable bonds is 9. The van der Waals surface area contributed by atoms with Gasteiger partial charge in [0.1, 0.15) is 18.1 Å². The van der Waals surface area contributed by atoms with E-state index in [9.17, 15) is 4.79 Å². The van der Waals surface area contributed by atoms with Crippen LogP contribution in [0.15, 0.2) is 96.1 Å². The van der Waals surface area contributed by atoms with E-state index in [2.05, 4.69) is 72.8 Å². The van der Waals surface area contributed by atoms with E-state index in [0.717, 1.165) is 47.0 Å². The molecule has 0 aliphatic heterocycles. The third kappa shape index (κ3) is 6.95. The Morgan fingerprint density at radius 1 is 0.953 bits per heavy atom. The molecule has 5 aromatic rings. The predicted molar refractivity (Wildman–Crippen MR) is 185 cm³/mol. The van der Waals surface area contributed by atoms with Crippen molar-refractivity contribution < 1.29 is 9.47 Å². The quantitative estimate of drug-likeness (QED) is 0.140. The van der Waals surface area contributed by atoms with Gasteiger partial charge < -0.3 is 9.47 Å². The van der Waals surface area contributed by atoms with Gasteiger partial charge >= 0.3 is 0 Å². The lowest BCUT2D eigenvalue weighted by Crippen LogP contribution is -2.21. The van der Waals surface area contributed by atoms with Crippen LogP contribution in [0.5, 0.6) is 11.5 Å². The summed E-state index contributed by atoms with van der Waals surface area (Å²) in [5.41, 5.74) is 5.01. The Hall–Kier alpha value is -3.27. The van der Waals surface area contributed by atoms with E-state index in [1.165, 1.54) is 4.68 Å². The molecule has 0 saturated heterocycles. The normalized spacial score (nSPS) is 11.5. The Balaban J connectivity index is 1.56. The Morgan fingerprint density at radius 3 is 2.33 bits per heavy atom. The number of benzene rings is 4. The molecule has 0 atom stereocenters. The first-order chi connectivity index (χ1) is 20.7. The molecule has 9 heteroatoms. The zero-order valence-corrected chi connectivity index (χ0v) is 29.0. The fourth-order valence-electron chi connectivity index (χ4n) is 4.73. The number of nitrogens with zero attached hydrogens (tertiary/aromatic N) is 3. The summed E-state index contributed by atoms with van der Waals surface area (Å²) in [7, 11) is 0. The molecular weight excluding hydrogens is 738 g/mol. The van der Waals surface area contributed by atoms with Gasteiger partial charge in [0, 0.05) is 10.0 Å². The van der Waals surface area contributed by atoms with Crippen LogP contribution in [-0.2, 0) is 6.61 Å². The third-order valence-corrected chi connectivity index (χ3v) is 8.62. The summed E-state index contributed by atoms with van der Waals surface area (Å²) in [6, 6.07) is 23.2. The first kappa shape index (κ1) is 31.2. The average molecular weight is 768 g/mol. The van der Waals surface area contributed by atoms with Gasteiger partial charge in [-0.15, -0.1) is 0 Å². The van der Waals surface area contributed by atoms with Crippen molar-refractivity contribution in [3.8, 4) is 22.9 Å².